The van der Waals surface area contributed by atoms with E-state index in [1.165, 1.54) is 18.4 Å². The Hall–Kier alpha value is -2.46. The summed E-state index contributed by atoms with van der Waals surface area (Å²) in [4.78, 5) is 18.7. The molecule has 4 rings (SSSR count). The standard InChI is InChI=1S/C18H17F3N4O2S/c1-27-10-17(26)24-5-4-11(9-24)12-8-16-22-13(14-3-2-6-28-14)7-15(18(19,20)21)25(16)23-12/h2-3,6-8,11H,4-5,9-10H2,1H3/t11-/m1/s1. The second kappa shape index (κ2) is 7.17. The van der Waals surface area contributed by atoms with Gasteiger partial charge in [0.25, 0.3) is 0 Å². The van der Waals surface area contributed by atoms with Gasteiger partial charge in [-0.2, -0.15) is 18.3 Å². The van der Waals surface area contributed by atoms with E-state index in [-0.39, 0.29) is 29.8 Å². The van der Waals surface area contributed by atoms with Gasteiger partial charge in [-0.05, 0) is 23.9 Å². The number of aromatic nitrogens is 3. The van der Waals surface area contributed by atoms with E-state index in [2.05, 4.69) is 10.1 Å². The van der Waals surface area contributed by atoms with Crippen LogP contribution in [0.15, 0.2) is 29.6 Å². The maximum Gasteiger partial charge on any atom is 0.433 e. The lowest BCUT2D eigenvalue weighted by Gasteiger charge is -2.15. The number of methoxy groups -OCH3 is 1. The predicted octanol–water partition coefficient (Wildman–Crippen LogP) is 3.44. The summed E-state index contributed by atoms with van der Waals surface area (Å²) in [5.41, 5.74) is 0.0611. The molecule has 1 aliphatic rings. The monoisotopic (exact) mass is 410 g/mol. The van der Waals surface area contributed by atoms with E-state index in [1.807, 2.05) is 0 Å². The van der Waals surface area contributed by atoms with Crippen molar-refractivity contribution in [2.45, 2.75) is 18.5 Å². The first kappa shape index (κ1) is 18.9. The van der Waals surface area contributed by atoms with E-state index in [1.54, 1.807) is 28.5 Å². The molecule has 0 saturated carbocycles. The summed E-state index contributed by atoms with van der Waals surface area (Å²) in [6, 6.07) is 6.11. The maximum atomic E-state index is 13.6. The van der Waals surface area contributed by atoms with Crippen molar-refractivity contribution in [2.75, 3.05) is 26.8 Å². The summed E-state index contributed by atoms with van der Waals surface area (Å²) in [7, 11) is 1.45. The largest absolute Gasteiger partial charge is 0.433 e. The summed E-state index contributed by atoms with van der Waals surface area (Å²) in [5, 5.41) is 5.98. The molecule has 1 fully saturated rings. The third-order valence-electron chi connectivity index (χ3n) is 4.74. The van der Waals surface area contributed by atoms with Gasteiger partial charge in [0, 0.05) is 32.2 Å². The van der Waals surface area contributed by atoms with Crippen LogP contribution in [0, 0.1) is 0 Å². The molecule has 0 aliphatic carbocycles. The number of hydrogen-bond donors (Lipinski definition) is 0. The molecular formula is C18H17F3N4O2S. The Kier molecular flexibility index (Phi) is 4.84. The minimum atomic E-state index is -4.56. The van der Waals surface area contributed by atoms with Gasteiger partial charge in [0.1, 0.15) is 6.61 Å². The molecule has 1 aliphatic heterocycles. The highest BCUT2D eigenvalue weighted by molar-refractivity contribution is 7.13. The van der Waals surface area contributed by atoms with Crippen LogP contribution in [0.25, 0.3) is 16.2 Å². The average molecular weight is 410 g/mol. The molecule has 1 amide bonds. The third-order valence-corrected chi connectivity index (χ3v) is 5.63. The van der Waals surface area contributed by atoms with Crippen molar-refractivity contribution in [1.29, 1.82) is 0 Å². The lowest BCUT2D eigenvalue weighted by atomic mass is 10.1. The van der Waals surface area contributed by atoms with Gasteiger partial charge in [0.2, 0.25) is 5.91 Å². The van der Waals surface area contributed by atoms with E-state index in [9.17, 15) is 18.0 Å². The molecule has 0 unspecified atom stereocenters. The molecular weight excluding hydrogens is 393 g/mol. The van der Waals surface area contributed by atoms with Gasteiger partial charge in [-0.15, -0.1) is 11.3 Å². The fourth-order valence-corrected chi connectivity index (χ4v) is 4.07. The molecule has 1 atom stereocenters. The average Bonchev–Trinajstić information content (AvgIpc) is 3.38. The first-order valence-corrected chi connectivity index (χ1v) is 9.53. The number of hydrogen-bond acceptors (Lipinski definition) is 5. The fraction of sp³-hybridized carbons (Fsp3) is 0.389. The number of amides is 1. The van der Waals surface area contributed by atoms with Gasteiger partial charge in [-0.3, -0.25) is 4.79 Å². The molecule has 6 nitrogen and oxygen atoms in total. The molecule has 148 valence electrons. The topological polar surface area (TPSA) is 59.7 Å². The number of carbonyl (C=O) groups excluding carboxylic acids is 1. The van der Waals surface area contributed by atoms with Gasteiger partial charge in [0.15, 0.2) is 11.3 Å². The number of alkyl halides is 3. The number of ether oxygens (including phenoxy) is 1. The molecule has 0 bridgehead atoms. The zero-order valence-electron chi connectivity index (χ0n) is 14.9. The maximum absolute atomic E-state index is 13.6. The van der Waals surface area contributed by atoms with Gasteiger partial charge in [0.05, 0.1) is 16.3 Å². The van der Waals surface area contributed by atoms with Crippen LogP contribution < -0.4 is 0 Å². The van der Waals surface area contributed by atoms with Crippen LogP contribution in [0.2, 0.25) is 0 Å². The Labute approximate surface area is 162 Å². The zero-order valence-corrected chi connectivity index (χ0v) is 15.8. The molecule has 0 radical (unpaired) electrons. The van der Waals surface area contributed by atoms with E-state index < -0.39 is 11.9 Å². The Balaban J connectivity index is 1.71. The minimum Gasteiger partial charge on any atom is -0.375 e. The second-order valence-electron chi connectivity index (χ2n) is 6.60. The van der Waals surface area contributed by atoms with E-state index in [0.29, 0.717) is 30.1 Å². The lowest BCUT2D eigenvalue weighted by molar-refractivity contribution is -0.142. The van der Waals surface area contributed by atoms with Gasteiger partial charge >= 0.3 is 6.18 Å². The van der Waals surface area contributed by atoms with Crippen molar-refractivity contribution in [3.05, 3.63) is 41.0 Å². The zero-order chi connectivity index (χ0) is 19.9. The highest BCUT2D eigenvalue weighted by Gasteiger charge is 2.36. The molecule has 3 aromatic rings. The van der Waals surface area contributed by atoms with Gasteiger partial charge in [-0.1, -0.05) is 6.07 Å². The number of halogens is 3. The van der Waals surface area contributed by atoms with Crippen LogP contribution in [0.1, 0.15) is 23.7 Å². The SMILES string of the molecule is COCC(=O)N1CC[C@@H](c2cc3nc(-c4cccs4)cc(C(F)(F)F)n3n2)C1. The van der Waals surface area contributed by atoms with Gasteiger partial charge in [-0.25, -0.2) is 9.50 Å². The molecule has 3 aromatic heterocycles. The Morgan fingerprint density at radius 3 is 2.89 bits per heavy atom. The van der Waals surface area contributed by atoms with Crippen LogP contribution in [-0.2, 0) is 15.7 Å². The summed E-state index contributed by atoms with van der Waals surface area (Å²) in [6.07, 6.45) is -3.93. The summed E-state index contributed by atoms with van der Waals surface area (Å²) in [6.45, 7) is 0.924. The van der Waals surface area contributed by atoms with Crippen LogP contribution in [-0.4, -0.2) is 52.2 Å². The number of carbonyl (C=O) groups is 1. The van der Waals surface area contributed by atoms with Crippen LogP contribution in [0.4, 0.5) is 13.2 Å². The van der Waals surface area contributed by atoms with E-state index >= 15 is 0 Å². The molecule has 0 aromatic carbocycles. The van der Waals surface area contributed by atoms with Crippen molar-refractivity contribution in [2.24, 2.45) is 0 Å². The summed E-state index contributed by atoms with van der Waals surface area (Å²) < 4.78 is 46.6. The normalized spacial score (nSPS) is 17.6. The first-order chi connectivity index (χ1) is 13.4. The molecule has 28 heavy (non-hydrogen) atoms. The van der Waals surface area contributed by atoms with Crippen molar-refractivity contribution < 1.29 is 22.7 Å². The number of thiophene rings is 1. The van der Waals surface area contributed by atoms with Crippen LogP contribution >= 0.6 is 11.3 Å². The number of nitrogens with zero attached hydrogens (tertiary/aromatic N) is 4. The minimum absolute atomic E-state index is 0.0121. The highest BCUT2D eigenvalue weighted by Crippen LogP contribution is 2.35. The number of rotatable bonds is 4. The highest BCUT2D eigenvalue weighted by atomic mass is 32.1. The fourth-order valence-electron chi connectivity index (χ4n) is 3.39. The van der Waals surface area contributed by atoms with Crippen LogP contribution in [0.3, 0.4) is 0 Å². The van der Waals surface area contributed by atoms with Crippen molar-refractivity contribution in [1.82, 2.24) is 19.5 Å². The number of likely N-dealkylation sites (tertiary alicyclic amines) is 1. The van der Waals surface area contributed by atoms with Crippen LogP contribution in [0.5, 0.6) is 0 Å². The molecule has 4 heterocycles. The molecule has 0 spiro atoms. The first-order valence-electron chi connectivity index (χ1n) is 8.65. The predicted molar refractivity (Wildman–Crippen MR) is 97.1 cm³/mol. The molecule has 1 saturated heterocycles. The van der Waals surface area contributed by atoms with Gasteiger partial charge < -0.3 is 9.64 Å². The second-order valence-corrected chi connectivity index (χ2v) is 7.55. The molecule has 10 heteroatoms. The quantitative estimate of drug-likeness (QED) is 0.661. The van der Waals surface area contributed by atoms with Crippen molar-refractivity contribution >= 4 is 22.9 Å². The van der Waals surface area contributed by atoms with E-state index in [4.69, 9.17) is 4.74 Å². The summed E-state index contributed by atoms with van der Waals surface area (Å²) >= 11 is 1.33. The summed E-state index contributed by atoms with van der Waals surface area (Å²) in [5.74, 6) is -0.267. The van der Waals surface area contributed by atoms with Crippen molar-refractivity contribution in [3.8, 4) is 10.6 Å². The Bertz CT molecular complexity index is 1000. The smallest absolute Gasteiger partial charge is 0.375 e. The lowest BCUT2D eigenvalue weighted by Crippen LogP contribution is -2.31. The number of fused-ring (bicyclic) bond motifs is 1. The van der Waals surface area contributed by atoms with E-state index in [0.717, 1.165) is 10.6 Å². The van der Waals surface area contributed by atoms with Crippen molar-refractivity contribution in [3.63, 3.8) is 0 Å². The Morgan fingerprint density at radius 2 is 2.21 bits per heavy atom. The Morgan fingerprint density at radius 1 is 1.39 bits per heavy atom. The third kappa shape index (κ3) is 3.49. The molecule has 0 N–H and O–H groups in total.